The Morgan fingerprint density at radius 3 is 2.38 bits per heavy atom. The summed E-state index contributed by atoms with van der Waals surface area (Å²) >= 11 is 0. The number of rotatable bonds is 6. The van der Waals surface area contributed by atoms with Gasteiger partial charge in [-0.15, -0.1) is 0 Å². The Kier molecular flexibility index (Phi) is 6.61. The van der Waals surface area contributed by atoms with E-state index in [1.165, 1.54) is 4.57 Å². The highest BCUT2D eigenvalue weighted by Gasteiger charge is 2.34. The summed E-state index contributed by atoms with van der Waals surface area (Å²) in [6.45, 7) is 5.83. The number of nitrogens with zero attached hydrogens (tertiary/aromatic N) is 2. The lowest BCUT2D eigenvalue weighted by Crippen LogP contribution is -2.48. The number of aromatic hydroxyl groups is 1. The number of carbonyl (C=O) groups is 2. The van der Waals surface area contributed by atoms with E-state index in [9.17, 15) is 32.7 Å². The van der Waals surface area contributed by atoms with E-state index < -0.39 is 58.1 Å². The average molecular weight is 451 g/mol. The molecule has 2 N–H and O–H groups in total. The molecular weight excluding hydrogens is 427 g/mol. The Morgan fingerprint density at radius 1 is 1.16 bits per heavy atom. The molecular formula is C22H24F3N3O4. The van der Waals surface area contributed by atoms with Crippen molar-refractivity contribution in [2.45, 2.75) is 46.3 Å². The van der Waals surface area contributed by atoms with E-state index in [4.69, 9.17) is 0 Å². The second kappa shape index (κ2) is 9.05. The fourth-order valence-corrected chi connectivity index (χ4v) is 3.71. The number of carbonyl (C=O) groups excluding carboxylic acids is 2. The Balaban J connectivity index is 1.87. The molecule has 1 unspecified atom stereocenters. The number of nitrogens with one attached hydrogen (secondary N) is 1. The molecule has 2 atom stereocenters. The zero-order chi connectivity index (χ0) is 23.7. The molecule has 2 heterocycles. The first kappa shape index (κ1) is 23.4. The molecule has 1 aromatic heterocycles. The Bertz CT molecular complexity index is 1110. The smallest absolute Gasteiger partial charge is 0.274 e. The summed E-state index contributed by atoms with van der Waals surface area (Å²) in [6.07, 6.45) is 1.99. The van der Waals surface area contributed by atoms with Gasteiger partial charge in [-0.25, -0.2) is 13.2 Å². The molecule has 0 bridgehead atoms. The highest BCUT2D eigenvalue weighted by atomic mass is 19.1. The maximum atomic E-state index is 13.8. The van der Waals surface area contributed by atoms with Crippen molar-refractivity contribution in [3.63, 3.8) is 0 Å². The molecule has 1 aliphatic heterocycles. The standard InChI is InChI=1S/C22H24F3N3O4/c1-4-11(2)12(3)28-6-5-27-10-15(19(29)20(30)18(27)22(28)32)21(31)26-9-14-16(24)7-13(23)8-17(14)25/h7-8,10-12,30H,4-6,9H2,1-3H3,(H,26,31)/t11-,12?/m1/s1. The lowest BCUT2D eigenvalue weighted by molar-refractivity contribution is 0.0564. The maximum Gasteiger partial charge on any atom is 0.274 e. The third-order valence-corrected chi connectivity index (χ3v) is 6.04. The van der Waals surface area contributed by atoms with Crippen molar-refractivity contribution in [3.05, 3.63) is 62.8 Å². The van der Waals surface area contributed by atoms with E-state index in [-0.39, 0.29) is 24.2 Å². The number of hydrogen-bond acceptors (Lipinski definition) is 4. The molecule has 0 saturated carbocycles. The number of pyridine rings is 1. The van der Waals surface area contributed by atoms with Crippen LogP contribution >= 0.6 is 0 Å². The summed E-state index contributed by atoms with van der Waals surface area (Å²) in [5, 5.41) is 12.6. The van der Waals surface area contributed by atoms with Gasteiger partial charge in [0.15, 0.2) is 11.4 Å². The van der Waals surface area contributed by atoms with Crippen molar-refractivity contribution in [3.8, 4) is 5.75 Å². The predicted octanol–water partition coefficient (Wildman–Crippen LogP) is 2.79. The third kappa shape index (κ3) is 4.21. The maximum absolute atomic E-state index is 13.8. The molecule has 10 heteroatoms. The number of hydrogen-bond donors (Lipinski definition) is 2. The molecule has 0 fully saturated rings. The fraction of sp³-hybridized carbons (Fsp3) is 0.409. The van der Waals surface area contributed by atoms with E-state index in [1.54, 1.807) is 4.90 Å². The third-order valence-electron chi connectivity index (χ3n) is 6.04. The minimum absolute atomic E-state index is 0.112. The minimum atomic E-state index is -1.19. The van der Waals surface area contributed by atoms with Gasteiger partial charge in [-0.05, 0) is 12.8 Å². The van der Waals surface area contributed by atoms with Crippen molar-refractivity contribution in [2.75, 3.05) is 6.54 Å². The van der Waals surface area contributed by atoms with Gasteiger partial charge in [-0.3, -0.25) is 14.4 Å². The molecule has 32 heavy (non-hydrogen) atoms. The van der Waals surface area contributed by atoms with Crippen LogP contribution in [0.5, 0.6) is 5.75 Å². The first-order valence-corrected chi connectivity index (χ1v) is 10.3. The van der Waals surface area contributed by atoms with Gasteiger partial charge < -0.3 is 19.9 Å². The molecule has 2 aromatic rings. The summed E-state index contributed by atoms with van der Waals surface area (Å²) < 4.78 is 41.9. The van der Waals surface area contributed by atoms with Crippen molar-refractivity contribution in [1.29, 1.82) is 0 Å². The molecule has 2 amide bonds. The second-order valence-electron chi connectivity index (χ2n) is 7.92. The summed E-state index contributed by atoms with van der Waals surface area (Å²) in [6, 6.07) is 0.836. The van der Waals surface area contributed by atoms with E-state index in [1.807, 2.05) is 20.8 Å². The van der Waals surface area contributed by atoms with Crippen LogP contribution < -0.4 is 10.7 Å². The normalized spacial score (nSPS) is 15.3. The van der Waals surface area contributed by atoms with Crippen LogP contribution in [0.15, 0.2) is 23.1 Å². The number of aromatic nitrogens is 1. The van der Waals surface area contributed by atoms with Crippen LogP contribution in [0.3, 0.4) is 0 Å². The lowest BCUT2D eigenvalue weighted by Gasteiger charge is -2.37. The van der Waals surface area contributed by atoms with Crippen LogP contribution in [0.4, 0.5) is 13.2 Å². The van der Waals surface area contributed by atoms with E-state index in [0.29, 0.717) is 18.7 Å². The molecule has 0 radical (unpaired) electrons. The number of fused-ring (bicyclic) bond motifs is 1. The summed E-state index contributed by atoms with van der Waals surface area (Å²) in [5.74, 6) is -5.63. The van der Waals surface area contributed by atoms with Gasteiger partial charge in [0.05, 0.1) is 0 Å². The van der Waals surface area contributed by atoms with Crippen molar-refractivity contribution < 1.29 is 27.9 Å². The van der Waals surface area contributed by atoms with Crippen LogP contribution in [-0.4, -0.2) is 39.0 Å². The van der Waals surface area contributed by atoms with Gasteiger partial charge in [0.2, 0.25) is 5.43 Å². The molecule has 0 aliphatic carbocycles. The molecule has 0 saturated heterocycles. The summed E-state index contributed by atoms with van der Waals surface area (Å²) in [5.41, 5.74) is -2.33. The van der Waals surface area contributed by atoms with Crippen LogP contribution in [0, 0.1) is 23.4 Å². The van der Waals surface area contributed by atoms with Gasteiger partial charge in [0, 0.05) is 49.6 Å². The van der Waals surface area contributed by atoms with Gasteiger partial charge in [0.25, 0.3) is 11.8 Å². The lowest BCUT2D eigenvalue weighted by atomic mass is 9.98. The Hall–Kier alpha value is -3.30. The van der Waals surface area contributed by atoms with Crippen molar-refractivity contribution in [1.82, 2.24) is 14.8 Å². The molecule has 7 nitrogen and oxygen atoms in total. The van der Waals surface area contributed by atoms with E-state index >= 15 is 0 Å². The zero-order valence-corrected chi connectivity index (χ0v) is 17.9. The quantitative estimate of drug-likeness (QED) is 0.707. The highest BCUT2D eigenvalue weighted by molar-refractivity contribution is 5.99. The van der Waals surface area contributed by atoms with Gasteiger partial charge >= 0.3 is 0 Å². The van der Waals surface area contributed by atoms with Crippen molar-refractivity contribution in [2.24, 2.45) is 5.92 Å². The first-order chi connectivity index (χ1) is 15.1. The topological polar surface area (TPSA) is 91.6 Å². The predicted molar refractivity (Wildman–Crippen MR) is 110 cm³/mol. The van der Waals surface area contributed by atoms with Crippen LogP contribution in [0.2, 0.25) is 0 Å². The average Bonchev–Trinajstić information content (AvgIpc) is 2.74. The molecule has 0 spiro atoms. The van der Waals surface area contributed by atoms with Crippen LogP contribution in [0.1, 0.15) is 53.6 Å². The molecule has 1 aliphatic rings. The van der Waals surface area contributed by atoms with Crippen molar-refractivity contribution >= 4 is 11.8 Å². The van der Waals surface area contributed by atoms with Gasteiger partial charge in [-0.1, -0.05) is 20.3 Å². The number of benzene rings is 1. The summed E-state index contributed by atoms with van der Waals surface area (Å²) in [7, 11) is 0. The zero-order valence-electron chi connectivity index (χ0n) is 17.9. The minimum Gasteiger partial charge on any atom is -0.503 e. The monoisotopic (exact) mass is 451 g/mol. The molecule has 172 valence electrons. The largest absolute Gasteiger partial charge is 0.503 e. The SMILES string of the molecule is CC[C@@H](C)C(C)N1CCn2cc(C(=O)NCc3c(F)cc(F)cc3F)c(=O)c(O)c2C1=O. The number of amides is 2. The van der Waals surface area contributed by atoms with Gasteiger partial charge in [-0.2, -0.15) is 0 Å². The summed E-state index contributed by atoms with van der Waals surface area (Å²) in [4.78, 5) is 39.6. The van der Waals surface area contributed by atoms with Gasteiger partial charge in [0.1, 0.15) is 23.0 Å². The van der Waals surface area contributed by atoms with Crippen LogP contribution in [-0.2, 0) is 13.1 Å². The van der Waals surface area contributed by atoms with E-state index in [2.05, 4.69) is 5.32 Å². The second-order valence-corrected chi connectivity index (χ2v) is 7.92. The number of halogens is 3. The highest BCUT2D eigenvalue weighted by Crippen LogP contribution is 2.25. The van der Waals surface area contributed by atoms with E-state index in [0.717, 1.165) is 12.6 Å². The Labute approximate surface area is 182 Å². The first-order valence-electron chi connectivity index (χ1n) is 10.3. The fourth-order valence-electron chi connectivity index (χ4n) is 3.71. The molecule has 3 rings (SSSR count). The van der Waals surface area contributed by atoms with Crippen LogP contribution in [0.25, 0.3) is 0 Å². The molecule has 1 aromatic carbocycles. The Morgan fingerprint density at radius 2 is 1.78 bits per heavy atom.